The highest BCUT2D eigenvalue weighted by molar-refractivity contribution is 5.76. The normalized spacial score (nSPS) is 11.6. The molecule has 0 atom stereocenters. The number of amides is 4. The Hall–Kier alpha value is -1.63. The van der Waals surface area contributed by atoms with Gasteiger partial charge in [0.1, 0.15) is 13.1 Å². The first kappa shape index (κ1) is 48.4. The lowest BCUT2D eigenvalue weighted by Gasteiger charge is -2.33. The predicted molar refractivity (Wildman–Crippen MR) is 215 cm³/mol. The molecule has 0 rings (SSSR count). The Morgan fingerprint density at radius 2 is 0.640 bits per heavy atom. The third-order valence-electron chi connectivity index (χ3n) is 10.8. The van der Waals surface area contributed by atoms with Crippen molar-refractivity contribution >= 4 is 17.8 Å². The quantitative estimate of drug-likeness (QED) is 0.0438. The molecule has 0 bridgehead atoms. The van der Waals surface area contributed by atoms with E-state index in [1.807, 2.05) is 6.92 Å². The van der Waals surface area contributed by atoms with Crippen molar-refractivity contribution in [2.45, 2.75) is 226 Å². The van der Waals surface area contributed by atoms with Crippen LogP contribution in [0.2, 0.25) is 0 Å². The minimum atomic E-state index is -0.402. The Morgan fingerprint density at radius 1 is 0.400 bits per heavy atom. The maximum absolute atomic E-state index is 12.4. The van der Waals surface area contributed by atoms with Crippen molar-refractivity contribution in [1.29, 1.82) is 0 Å². The number of carbonyl (C=O) groups is 3. The highest BCUT2D eigenvalue weighted by Gasteiger charge is 2.32. The van der Waals surface area contributed by atoms with Crippen LogP contribution in [0.5, 0.6) is 0 Å². The van der Waals surface area contributed by atoms with Gasteiger partial charge in [-0.05, 0) is 19.8 Å². The van der Waals surface area contributed by atoms with Gasteiger partial charge in [0, 0.05) is 12.8 Å². The van der Waals surface area contributed by atoms with E-state index in [9.17, 15) is 14.4 Å². The Bertz CT molecular complexity index is 723. The monoisotopic (exact) mass is 708 g/mol. The molecule has 50 heavy (non-hydrogen) atoms. The number of likely N-dealkylation sites (N-methyl/N-ethyl adjacent to an activating group) is 1. The maximum atomic E-state index is 12.4. The number of urea groups is 1. The number of primary amides is 1. The van der Waals surface area contributed by atoms with Gasteiger partial charge in [-0.1, -0.05) is 194 Å². The second kappa shape index (κ2) is 37.1. The topological polar surface area (TPSA) is 101 Å². The summed E-state index contributed by atoms with van der Waals surface area (Å²) in [5.74, 6) is 0.102. The molecule has 0 fully saturated rings. The molecule has 0 spiro atoms. The molecule has 0 aromatic heterocycles. The fourth-order valence-corrected chi connectivity index (χ4v) is 7.11. The highest BCUT2D eigenvalue weighted by atomic mass is 16.2. The number of hydrogen-bond acceptors (Lipinski definition) is 3. The van der Waals surface area contributed by atoms with Crippen LogP contribution in [0.25, 0.3) is 0 Å². The number of carbonyl (C=O) groups excluding carboxylic acids is 3. The zero-order chi connectivity index (χ0) is 36.8. The minimum absolute atomic E-state index is 0.0511. The molecule has 0 radical (unpaired) electrons. The summed E-state index contributed by atoms with van der Waals surface area (Å²) in [6.07, 6.45) is 40.4. The van der Waals surface area contributed by atoms with Crippen molar-refractivity contribution in [1.82, 2.24) is 10.6 Å². The van der Waals surface area contributed by atoms with Crippen molar-refractivity contribution < 1.29 is 18.9 Å². The molecule has 0 heterocycles. The van der Waals surface area contributed by atoms with E-state index in [4.69, 9.17) is 5.73 Å². The van der Waals surface area contributed by atoms with Gasteiger partial charge in [0.2, 0.25) is 11.8 Å². The van der Waals surface area contributed by atoms with E-state index < -0.39 is 6.03 Å². The van der Waals surface area contributed by atoms with E-state index in [1.165, 1.54) is 167 Å². The molecule has 7 heteroatoms. The summed E-state index contributed by atoms with van der Waals surface area (Å²) in [6, 6.07) is -0.402. The molecule has 4 amide bonds. The number of nitrogens with two attached hydrogens (primary N) is 1. The highest BCUT2D eigenvalue weighted by Crippen LogP contribution is 2.15. The summed E-state index contributed by atoms with van der Waals surface area (Å²) < 4.78 is 0.0679. The van der Waals surface area contributed by atoms with Crippen molar-refractivity contribution in [3.8, 4) is 0 Å². The molecule has 0 aliphatic carbocycles. The van der Waals surface area contributed by atoms with Gasteiger partial charge in [-0.15, -0.1) is 0 Å². The molecular formula is C43H87N4O3+. The molecular weight excluding hydrogens is 620 g/mol. The third kappa shape index (κ3) is 31.1. The van der Waals surface area contributed by atoms with Crippen LogP contribution in [0.4, 0.5) is 4.79 Å². The Balaban J connectivity index is 3.81. The third-order valence-corrected chi connectivity index (χ3v) is 10.8. The number of hydrogen-bond donors (Lipinski definition) is 3. The number of nitrogens with zero attached hydrogens (tertiary/aromatic N) is 1. The molecule has 4 N–H and O–H groups in total. The van der Waals surface area contributed by atoms with Gasteiger partial charge in [0.05, 0.1) is 19.6 Å². The molecule has 0 saturated heterocycles. The van der Waals surface area contributed by atoms with Crippen LogP contribution in [0.3, 0.4) is 0 Å². The van der Waals surface area contributed by atoms with E-state index in [-0.39, 0.29) is 16.3 Å². The molecule has 0 aromatic carbocycles. The fraction of sp³-hybridized carbons (Fsp3) is 0.930. The summed E-state index contributed by atoms with van der Waals surface area (Å²) in [4.78, 5) is 37.3. The zero-order valence-corrected chi connectivity index (χ0v) is 33.9. The van der Waals surface area contributed by atoms with Gasteiger partial charge in [-0.3, -0.25) is 9.59 Å². The maximum Gasteiger partial charge on any atom is 0.414 e. The lowest BCUT2D eigenvalue weighted by Crippen LogP contribution is -2.60. The molecule has 0 aliphatic rings. The number of quaternary nitrogens is 1. The van der Waals surface area contributed by atoms with Crippen LogP contribution in [0.1, 0.15) is 226 Å². The van der Waals surface area contributed by atoms with Crippen molar-refractivity contribution in [2.24, 2.45) is 5.73 Å². The number of unbranched alkanes of at least 4 members (excludes halogenated alkanes) is 28. The lowest BCUT2D eigenvalue weighted by atomic mass is 10.0. The van der Waals surface area contributed by atoms with Crippen LogP contribution in [0.15, 0.2) is 0 Å². The first-order chi connectivity index (χ1) is 24.4. The summed E-state index contributed by atoms with van der Waals surface area (Å²) in [7, 11) is 0. The van der Waals surface area contributed by atoms with E-state index in [1.54, 1.807) is 0 Å². The van der Waals surface area contributed by atoms with E-state index in [0.717, 1.165) is 25.7 Å². The molecule has 0 unspecified atom stereocenters. The van der Waals surface area contributed by atoms with Gasteiger partial charge < -0.3 is 16.4 Å². The first-order valence-electron chi connectivity index (χ1n) is 22.1. The van der Waals surface area contributed by atoms with Crippen LogP contribution in [-0.4, -0.2) is 55.1 Å². The van der Waals surface area contributed by atoms with E-state index in [0.29, 0.717) is 45.6 Å². The smallest absolute Gasteiger partial charge is 0.350 e. The molecule has 7 nitrogen and oxygen atoms in total. The molecule has 0 saturated carbocycles. The summed E-state index contributed by atoms with van der Waals surface area (Å²) in [5.41, 5.74) is 5.82. The van der Waals surface area contributed by atoms with Crippen molar-refractivity contribution in [2.75, 3.05) is 32.7 Å². The fourth-order valence-electron chi connectivity index (χ4n) is 7.11. The van der Waals surface area contributed by atoms with E-state index in [2.05, 4.69) is 24.5 Å². The second-order valence-corrected chi connectivity index (χ2v) is 15.3. The number of rotatable bonds is 39. The Morgan fingerprint density at radius 3 is 0.860 bits per heavy atom. The van der Waals surface area contributed by atoms with Crippen molar-refractivity contribution in [3.63, 3.8) is 0 Å². The molecule has 0 aromatic rings. The van der Waals surface area contributed by atoms with Crippen LogP contribution >= 0.6 is 0 Å². The lowest BCUT2D eigenvalue weighted by molar-refractivity contribution is -0.845. The van der Waals surface area contributed by atoms with Gasteiger partial charge in [0.15, 0.2) is 0 Å². The zero-order valence-electron chi connectivity index (χ0n) is 33.9. The van der Waals surface area contributed by atoms with Crippen LogP contribution in [-0.2, 0) is 9.59 Å². The number of nitrogens with one attached hydrogen (secondary N) is 2. The SMILES string of the molecule is CCCCCCCCCCCCCCCCCC(=O)NCC[N+](CC)(CCNC(=O)CCCCCCCCCCCCCCCCC)C(N)=O. The van der Waals surface area contributed by atoms with Crippen LogP contribution in [0, 0.1) is 0 Å². The Kier molecular flexibility index (Phi) is 35.9. The summed E-state index contributed by atoms with van der Waals surface area (Å²) in [6.45, 7) is 8.77. The molecule has 0 aliphatic heterocycles. The average Bonchev–Trinajstić information content (AvgIpc) is 3.10. The second-order valence-electron chi connectivity index (χ2n) is 15.3. The standard InChI is InChI=1S/C43H86N4O3/c1-4-7-9-11-13-15-17-19-21-23-25-27-29-31-33-35-41(48)45-37-39-47(6-3,43(44)50)40-38-46-42(49)36-34-32-30-28-26-24-22-20-18-16-14-12-10-8-5-2/h4-40H2,1-3H3,(H3-,44,45,46,48,49,50)/p+1. The van der Waals surface area contributed by atoms with Gasteiger partial charge in [-0.25, -0.2) is 9.28 Å². The van der Waals surface area contributed by atoms with Gasteiger partial charge in [0.25, 0.3) is 0 Å². The minimum Gasteiger partial charge on any atom is -0.350 e. The van der Waals surface area contributed by atoms with E-state index >= 15 is 0 Å². The predicted octanol–water partition coefficient (Wildman–Crippen LogP) is 11.7. The molecule has 296 valence electrons. The average molecular weight is 708 g/mol. The largest absolute Gasteiger partial charge is 0.414 e. The summed E-state index contributed by atoms with van der Waals surface area (Å²) >= 11 is 0. The first-order valence-corrected chi connectivity index (χ1v) is 22.1. The summed E-state index contributed by atoms with van der Waals surface area (Å²) in [5, 5.41) is 6.00. The Labute approximate surface area is 311 Å². The van der Waals surface area contributed by atoms with Gasteiger partial charge in [-0.2, -0.15) is 0 Å². The van der Waals surface area contributed by atoms with Crippen molar-refractivity contribution in [3.05, 3.63) is 0 Å². The van der Waals surface area contributed by atoms with Gasteiger partial charge >= 0.3 is 6.03 Å². The van der Waals surface area contributed by atoms with Crippen LogP contribution < -0.4 is 16.4 Å².